The monoisotopic (exact) mass is 273 g/mol. The van der Waals surface area contributed by atoms with Crippen LogP contribution in [0.25, 0.3) is 5.65 Å². The number of fused-ring (bicyclic) bond motifs is 1. The molecule has 0 radical (unpaired) electrons. The summed E-state index contributed by atoms with van der Waals surface area (Å²) in [6.07, 6.45) is 4.91. The summed E-state index contributed by atoms with van der Waals surface area (Å²) >= 11 is 0. The molecule has 0 fully saturated rings. The Labute approximate surface area is 117 Å². The highest BCUT2D eigenvalue weighted by atomic mass is 16.2. The number of hydrogen-bond donors (Lipinski definition) is 1. The molecule has 0 saturated carbocycles. The summed E-state index contributed by atoms with van der Waals surface area (Å²) in [7, 11) is 0. The van der Waals surface area contributed by atoms with Crippen LogP contribution >= 0.6 is 0 Å². The zero-order chi connectivity index (χ0) is 14.5. The Morgan fingerprint density at radius 2 is 2.20 bits per heavy atom. The van der Waals surface area contributed by atoms with E-state index in [2.05, 4.69) is 24.1 Å². The molecule has 5 nitrogen and oxygen atoms in total. The third-order valence-electron chi connectivity index (χ3n) is 3.10. The lowest BCUT2D eigenvalue weighted by molar-refractivity contribution is 0.0950. The van der Waals surface area contributed by atoms with E-state index in [1.54, 1.807) is 24.4 Å². The van der Waals surface area contributed by atoms with E-state index in [1.807, 2.05) is 0 Å². The molecule has 1 amide bonds. The van der Waals surface area contributed by atoms with Gasteiger partial charge in [0.2, 0.25) is 0 Å². The molecule has 1 N–H and O–H groups in total. The third-order valence-corrected chi connectivity index (χ3v) is 3.10. The number of aromatic nitrogens is 2. The van der Waals surface area contributed by atoms with Crippen LogP contribution in [0.3, 0.4) is 0 Å². The van der Waals surface area contributed by atoms with Gasteiger partial charge in [0.1, 0.15) is 11.2 Å². The van der Waals surface area contributed by atoms with Gasteiger partial charge in [-0.2, -0.15) is 0 Å². The van der Waals surface area contributed by atoms with Crippen LogP contribution in [-0.4, -0.2) is 21.8 Å². The fraction of sp³-hybridized carbons (Fsp3) is 0.400. The van der Waals surface area contributed by atoms with Gasteiger partial charge in [-0.3, -0.25) is 14.0 Å². The predicted octanol–water partition coefficient (Wildman–Crippen LogP) is 1.86. The number of amides is 1. The van der Waals surface area contributed by atoms with Crippen molar-refractivity contribution in [2.24, 2.45) is 5.92 Å². The Morgan fingerprint density at radius 3 is 2.95 bits per heavy atom. The van der Waals surface area contributed by atoms with Gasteiger partial charge < -0.3 is 5.32 Å². The number of hydrogen-bond acceptors (Lipinski definition) is 3. The van der Waals surface area contributed by atoms with Gasteiger partial charge in [0, 0.05) is 18.9 Å². The fourth-order valence-corrected chi connectivity index (χ4v) is 1.99. The minimum Gasteiger partial charge on any atom is -0.352 e. The van der Waals surface area contributed by atoms with Crippen molar-refractivity contribution in [3.05, 3.63) is 46.5 Å². The molecule has 0 aliphatic rings. The number of nitrogens with zero attached hydrogens (tertiary/aromatic N) is 2. The van der Waals surface area contributed by atoms with E-state index in [9.17, 15) is 9.59 Å². The summed E-state index contributed by atoms with van der Waals surface area (Å²) in [5.74, 6) is 0.254. The first-order chi connectivity index (χ1) is 9.59. The van der Waals surface area contributed by atoms with Crippen LogP contribution in [0.4, 0.5) is 0 Å². The minimum atomic E-state index is -0.357. The van der Waals surface area contributed by atoms with Gasteiger partial charge in [0.25, 0.3) is 11.5 Å². The predicted molar refractivity (Wildman–Crippen MR) is 77.9 cm³/mol. The minimum absolute atomic E-state index is 0.0817. The zero-order valence-corrected chi connectivity index (χ0v) is 11.8. The quantitative estimate of drug-likeness (QED) is 0.846. The Bertz CT molecular complexity index is 661. The van der Waals surface area contributed by atoms with Gasteiger partial charge in [-0.1, -0.05) is 19.9 Å². The summed E-state index contributed by atoms with van der Waals surface area (Å²) in [6, 6.07) is 5.26. The number of rotatable bonds is 5. The van der Waals surface area contributed by atoms with Gasteiger partial charge in [0.15, 0.2) is 0 Å². The largest absolute Gasteiger partial charge is 0.352 e. The van der Waals surface area contributed by atoms with E-state index in [0.717, 1.165) is 12.8 Å². The van der Waals surface area contributed by atoms with Crippen molar-refractivity contribution in [2.45, 2.75) is 26.7 Å². The molecule has 2 heterocycles. The molecule has 2 aromatic rings. The molecule has 2 rings (SSSR count). The molecule has 0 aliphatic heterocycles. The maximum absolute atomic E-state index is 12.2. The topological polar surface area (TPSA) is 63.5 Å². The average molecular weight is 273 g/mol. The van der Waals surface area contributed by atoms with E-state index in [1.165, 1.54) is 10.6 Å². The summed E-state index contributed by atoms with van der Waals surface area (Å²) in [5.41, 5.74) is 0.282. The molecule has 5 heteroatoms. The van der Waals surface area contributed by atoms with Crippen LogP contribution in [0.15, 0.2) is 35.4 Å². The van der Waals surface area contributed by atoms with Crippen molar-refractivity contribution in [2.75, 3.05) is 6.54 Å². The first-order valence-corrected chi connectivity index (χ1v) is 6.84. The van der Waals surface area contributed by atoms with Crippen LogP contribution in [0.2, 0.25) is 0 Å². The molecule has 0 bridgehead atoms. The number of pyridine rings is 1. The van der Waals surface area contributed by atoms with Gasteiger partial charge in [0.05, 0.1) is 0 Å². The molecule has 0 spiro atoms. The van der Waals surface area contributed by atoms with Crippen molar-refractivity contribution in [3.8, 4) is 0 Å². The second-order valence-electron chi connectivity index (χ2n) is 5.20. The number of nitrogens with one attached hydrogen (secondary N) is 1. The number of carbonyl (C=O) groups is 1. The highest BCUT2D eigenvalue weighted by Crippen LogP contribution is 2.02. The molecular formula is C15H19N3O2. The van der Waals surface area contributed by atoms with Gasteiger partial charge in [-0.05, 0) is 30.9 Å². The standard InChI is InChI=1S/C15H19N3O2/c1-11(2)6-5-8-16-14(19)12-10-17-13-7-3-4-9-18(13)15(12)20/h3-4,7,9-11H,5-6,8H2,1-2H3,(H,16,19). The molecule has 20 heavy (non-hydrogen) atoms. The van der Waals surface area contributed by atoms with Gasteiger partial charge in [-0.25, -0.2) is 4.98 Å². The molecule has 0 saturated heterocycles. The molecule has 0 unspecified atom stereocenters. The van der Waals surface area contributed by atoms with Crippen molar-refractivity contribution in [3.63, 3.8) is 0 Å². The van der Waals surface area contributed by atoms with E-state index in [-0.39, 0.29) is 17.0 Å². The van der Waals surface area contributed by atoms with Crippen LogP contribution < -0.4 is 10.9 Å². The molecular weight excluding hydrogens is 254 g/mol. The molecule has 2 aromatic heterocycles. The van der Waals surface area contributed by atoms with Crippen molar-refractivity contribution >= 4 is 11.6 Å². The highest BCUT2D eigenvalue weighted by Gasteiger charge is 2.12. The summed E-state index contributed by atoms with van der Waals surface area (Å²) in [6.45, 7) is 4.86. The van der Waals surface area contributed by atoms with E-state index in [0.29, 0.717) is 18.1 Å². The van der Waals surface area contributed by atoms with E-state index >= 15 is 0 Å². The fourth-order valence-electron chi connectivity index (χ4n) is 1.99. The lowest BCUT2D eigenvalue weighted by atomic mass is 10.1. The van der Waals surface area contributed by atoms with E-state index < -0.39 is 0 Å². The van der Waals surface area contributed by atoms with Crippen LogP contribution in [-0.2, 0) is 0 Å². The number of carbonyl (C=O) groups excluding carboxylic acids is 1. The highest BCUT2D eigenvalue weighted by molar-refractivity contribution is 5.93. The molecule has 0 atom stereocenters. The Balaban J connectivity index is 2.11. The van der Waals surface area contributed by atoms with Crippen molar-refractivity contribution < 1.29 is 4.79 Å². The second-order valence-corrected chi connectivity index (χ2v) is 5.20. The third kappa shape index (κ3) is 3.23. The van der Waals surface area contributed by atoms with Crippen LogP contribution in [0.5, 0.6) is 0 Å². The summed E-state index contributed by atoms with van der Waals surface area (Å²) < 4.78 is 1.38. The van der Waals surface area contributed by atoms with Crippen molar-refractivity contribution in [1.82, 2.24) is 14.7 Å². The SMILES string of the molecule is CC(C)CCCNC(=O)c1cnc2ccccn2c1=O. The first kappa shape index (κ1) is 14.2. The smallest absolute Gasteiger partial charge is 0.270 e. The maximum Gasteiger partial charge on any atom is 0.270 e. The lowest BCUT2D eigenvalue weighted by Gasteiger charge is -2.07. The molecule has 0 aliphatic carbocycles. The maximum atomic E-state index is 12.2. The Hall–Kier alpha value is -2.17. The second kappa shape index (κ2) is 6.32. The van der Waals surface area contributed by atoms with Crippen molar-refractivity contribution in [1.29, 1.82) is 0 Å². The van der Waals surface area contributed by atoms with Gasteiger partial charge in [-0.15, -0.1) is 0 Å². The lowest BCUT2D eigenvalue weighted by Crippen LogP contribution is -2.32. The zero-order valence-electron chi connectivity index (χ0n) is 11.8. The average Bonchev–Trinajstić information content (AvgIpc) is 2.44. The first-order valence-electron chi connectivity index (χ1n) is 6.84. The normalized spacial score (nSPS) is 10.9. The van der Waals surface area contributed by atoms with Gasteiger partial charge >= 0.3 is 0 Å². The Morgan fingerprint density at radius 1 is 1.40 bits per heavy atom. The summed E-state index contributed by atoms with van der Waals surface area (Å²) in [4.78, 5) is 28.3. The van der Waals surface area contributed by atoms with Crippen LogP contribution in [0, 0.1) is 5.92 Å². The summed E-state index contributed by atoms with van der Waals surface area (Å²) in [5, 5.41) is 2.77. The molecule has 106 valence electrons. The Kier molecular flexibility index (Phi) is 4.50. The van der Waals surface area contributed by atoms with Crippen LogP contribution in [0.1, 0.15) is 37.0 Å². The molecule has 0 aromatic carbocycles. The van der Waals surface area contributed by atoms with E-state index in [4.69, 9.17) is 0 Å².